The molecule has 0 saturated heterocycles. The highest BCUT2D eigenvalue weighted by Crippen LogP contribution is 2.15. The van der Waals surface area contributed by atoms with E-state index < -0.39 is 6.10 Å². The summed E-state index contributed by atoms with van der Waals surface area (Å²) in [6, 6.07) is 7.86. The number of aliphatic hydroxyl groups is 2. The first-order valence-electron chi connectivity index (χ1n) is 6.17. The Hall–Kier alpha value is -1.59. The van der Waals surface area contributed by atoms with E-state index in [1.54, 1.807) is 19.0 Å². The molecule has 106 valence electrons. The minimum atomic E-state index is -0.392. The number of hydroxylamine groups is 1. The van der Waals surface area contributed by atoms with Crippen LogP contribution in [0.15, 0.2) is 24.3 Å². The molecular formula is C14H22NO4+. The highest BCUT2D eigenvalue weighted by Gasteiger charge is 2.33. The van der Waals surface area contributed by atoms with Crippen molar-refractivity contribution in [3.05, 3.63) is 29.8 Å². The molecule has 0 aliphatic carbocycles. The number of hydrogen-bond donors (Lipinski definition) is 2. The predicted octanol–water partition coefficient (Wildman–Crippen LogP) is 0.626. The van der Waals surface area contributed by atoms with Gasteiger partial charge in [-0.3, -0.25) is 4.84 Å². The van der Waals surface area contributed by atoms with Crippen molar-refractivity contribution in [2.24, 2.45) is 0 Å². The summed E-state index contributed by atoms with van der Waals surface area (Å²) in [4.78, 5) is 5.22. The smallest absolute Gasteiger partial charge is 0.237 e. The van der Waals surface area contributed by atoms with Crippen molar-refractivity contribution in [2.45, 2.75) is 18.9 Å². The monoisotopic (exact) mass is 268 g/mol. The first kappa shape index (κ1) is 15.5. The summed E-state index contributed by atoms with van der Waals surface area (Å²) < 4.78 is 6.88. The number of rotatable bonds is 4. The van der Waals surface area contributed by atoms with Gasteiger partial charge in [0.1, 0.15) is 19.0 Å². The van der Waals surface area contributed by atoms with Crippen LogP contribution >= 0.6 is 0 Å². The zero-order valence-electron chi connectivity index (χ0n) is 11.7. The Morgan fingerprint density at radius 3 is 2.37 bits per heavy atom. The molecule has 5 heteroatoms. The molecule has 1 heterocycles. The number of aliphatic hydroxyl groups excluding tert-OH is 2. The average molecular weight is 268 g/mol. The third-order valence-electron chi connectivity index (χ3n) is 3.08. The van der Waals surface area contributed by atoms with Crippen LogP contribution in [0.3, 0.4) is 0 Å². The van der Waals surface area contributed by atoms with Gasteiger partial charge in [0.25, 0.3) is 0 Å². The fraction of sp³-hybridized carbons (Fsp3) is 0.500. The molecule has 0 spiro atoms. The van der Waals surface area contributed by atoms with Crippen LogP contribution in [0.2, 0.25) is 0 Å². The van der Waals surface area contributed by atoms with E-state index in [1.807, 2.05) is 24.3 Å². The molecular weight excluding hydrogens is 246 g/mol. The highest BCUT2D eigenvalue weighted by atomic mass is 16.7. The molecule has 0 amide bonds. The van der Waals surface area contributed by atoms with Gasteiger partial charge in [-0.1, -0.05) is 12.1 Å². The van der Waals surface area contributed by atoms with Gasteiger partial charge in [0.05, 0.1) is 13.5 Å². The van der Waals surface area contributed by atoms with Crippen LogP contribution < -0.4 is 4.74 Å². The second kappa shape index (κ2) is 7.76. The average Bonchev–Trinajstić information content (AvgIpc) is 2.83. The zero-order valence-corrected chi connectivity index (χ0v) is 11.7. The fourth-order valence-corrected chi connectivity index (χ4v) is 2.08. The molecule has 1 aromatic carbocycles. The zero-order chi connectivity index (χ0) is 14.3. The van der Waals surface area contributed by atoms with Gasteiger partial charge in [0, 0.05) is 13.5 Å². The van der Waals surface area contributed by atoms with Crippen molar-refractivity contribution >= 4 is 5.71 Å². The molecule has 1 atom stereocenters. The molecule has 1 unspecified atom stereocenters. The van der Waals surface area contributed by atoms with Crippen molar-refractivity contribution < 1.29 is 24.5 Å². The van der Waals surface area contributed by atoms with Gasteiger partial charge < -0.3 is 14.9 Å². The summed E-state index contributed by atoms with van der Waals surface area (Å²) in [5.41, 5.74) is 2.07. The van der Waals surface area contributed by atoms with Gasteiger partial charge in [-0.25, -0.2) is 0 Å². The van der Waals surface area contributed by atoms with Gasteiger partial charge >= 0.3 is 0 Å². The van der Waals surface area contributed by atoms with Crippen LogP contribution in [-0.4, -0.2) is 54.6 Å². The molecule has 0 bridgehead atoms. The SMILES string of the molecule is CO.COc1ccc(CC2=[N+](OC)CCC2O)cc1. The maximum Gasteiger partial charge on any atom is 0.237 e. The molecule has 0 radical (unpaired) electrons. The van der Waals surface area contributed by atoms with Gasteiger partial charge in [-0.15, -0.1) is 0 Å². The maximum absolute atomic E-state index is 9.87. The van der Waals surface area contributed by atoms with Crippen LogP contribution in [0, 0.1) is 0 Å². The quantitative estimate of drug-likeness (QED) is 0.786. The molecule has 1 aliphatic heterocycles. The number of ether oxygens (including phenoxy) is 1. The highest BCUT2D eigenvalue weighted by molar-refractivity contribution is 5.86. The van der Waals surface area contributed by atoms with Gasteiger partial charge in [0.2, 0.25) is 5.71 Å². The Kier molecular flexibility index (Phi) is 6.32. The summed E-state index contributed by atoms with van der Waals surface area (Å²) in [5.74, 6) is 0.842. The minimum absolute atomic E-state index is 0.392. The maximum atomic E-state index is 9.87. The Morgan fingerprint density at radius 1 is 1.21 bits per heavy atom. The van der Waals surface area contributed by atoms with Crippen molar-refractivity contribution in [2.75, 3.05) is 27.9 Å². The van der Waals surface area contributed by atoms with Crippen molar-refractivity contribution in [3.8, 4) is 5.75 Å². The van der Waals surface area contributed by atoms with E-state index in [-0.39, 0.29) is 0 Å². The summed E-state index contributed by atoms with van der Waals surface area (Å²) in [6.07, 6.45) is 1.05. The Morgan fingerprint density at radius 2 is 1.84 bits per heavy atom. The molecule has 0 fully saturated rings. The van der Waals surface area contributed by atoms with Crippen LogP contribution in [0.25, 0.3) is 0 Å². The van der Waals surface area contributed by atoms with Gasteiger partial charge in [-0.05, 0) is 22.4 Å². The molecule has 2 rings (SSSR count). The molecule has 0 aromatic heterocycles. The Balaban J connectivity index is 0.000000861. The second-order valence-electron chi connectivity index (χ2n) is 4.11. The molecule has 1 aliphatic rings. The van der Waals surface area contributed by atoms with E-state index in [4.69, 9.17) is 14.7 Å². The lowest BCUT2D eigenvalue weighted by Gasteiger charge is -2.04. The lowest BCUT2D eigenvalue weighted by molar-refractivity contribution is -0.775. The molecule has 2 N–H and O–H groups in total. The first-order valence-corrected chi connectivity index (χ1v) is 6.17. The number of methoxy groups -OCH3 is 1. The summed E-state index contributed by atoms with van der Waals surface area (Å²) in [7, 11) is 4.28. The second-order valence-corrected chi connectivity index (χ2v) is 4.11. The molecule has 0 saturated carbocycles. The Labute approximate surface area is 113 Å². The summed E-state index contributed by atoms with van der Waals surface area (Å²) >= 11 is 0. The van der Waals surface area contributed by atoms with Crippen LogP contribution in [-0.2, 0) is 11.3 Å². The van der Waals surface area contributed by atoms with E-state index in [0.717, 1.165) is 37.1 Å². The molecule has 1 aromatic rings. The van der Waals surface area contributed by atoms with Crippen molar-refractivity contribution in [3.63, 3.8) is 0 Å². The third-order valence-corrected chi connectivity index (χ3v) is 3.08. The third kappa shape index (κ3) is 3.94. The first-order chi connectivity index (χ1) is 9.24. The normalized spacial score (nSPS) is 17.8. The van der Waals surface area contributed by atoms with Gasteiger partial charge in [0.15, 0.2) is 6.54 Å². The number of nitrogens with zero attached hydrogens (tertiary/aromatic N) is 1. The van der Waals surface area contributed by atoms with E-state index in [9.17, 15) is 5.11 Å². The van der Waals surface area contributed by atoms with Crippen LogP contribution in [0.5, 0.6) is 5.75 Å². The number of benzene rings is 1. The van der Waals surface area contributed by atoms with E-state index >= 15 is 0 Å². The predicted molar refractivity (Wildman–Crippen MR) is 72.6 cm³/mol. The molecule has 5 nitrogen and oxygen atoms in total. The van der Waals surface area contributed by atoms with Crippen LogP contribution in [0.4, 0.5) is 0 Å². The standard InChI is InChI=1S/C13H18NO3.CH4O/c1-16-11-5-3-10(4-6-11)9-12-13(15)7-8-14(12)17-2;1-2/h3-6,13,15H,7-9H2,1-2H3;2H,1H3/q+1;. The topological polar surface area (TPSA) is 61.9 Å². The van der Waals surface area contributed by atoms with E-state index in [2.05, 4.69) is 0 Å². The Bertz CT molecular complexity index is 414. The van der Waals surface area contributed by atoms with Crippen molar-refractivity contribution in [1.82, 2.24) is 0 Å². The lowest BCUT2D eigenvalue weighted by atomic mass is 10.0. The number of hydrogen-bond acceptors (Lipinski definition) is 4. The molecule has 19 heavy (non-hydrogen) atoms. The van der Waals surface area contributed by atoms with Gasteiger partial charge in [-0.2, -0.15) is 0 Å². The van der Waals surface area contributed by atoms with E-state index in [1.165, 1.54) is 0 Å². The van der Waals surface area contributed by atoms with E-state index in [0.29, 0.717) is 6.42 Å². The summed E-state index contributed by atoms with van der Waals surface area (Å²) in [5, 5.41) is 16.9. The van der Waals surface area contributed by atoms with Crippen LogP contribution in [0.1, 0.15) is 12.0 Å². The lowest BCUT2D eigenvalue weighted by Crippen LogP contribution is -2.24. The van der Waals surface area contributed by atoms with Crippen molar-refractivity contribution in [1.29, 1.82) is 0 Å². The fourth-order valence-electron chi connectivity index (χ4n) is 2.08. The largest absolute Gasteiger partial charge is 0.497 e. The minimum Gasteiger partial charge on any atom is -0.497 e. The summed E-state index contributed by atoms with van der Waals surface area (Å²) in [6.45, 7) is 0.753.